The summed E-state index contributed by atoms with van der Waals surface area (Å²) >= 11 is 0. The molecule has 0 atom stereocenters. The molecule has 374 valence electrons. The van der Waals surface area contributed by atoms with Gasteiger partial charge in [0.05, 0.1) is 13.1 Å². The van der Waals surface area contributed by atoms with Crippen LogP contribution in [0.2, 0.25) is 0 Å². The first-order valence-electron chi connectivity index (χ1n) is 23.6. The van der Waals surface area contributed by atoms with Crippen molar-refractivity contribution in [2.45, 2.75) is 32.1 Å². The third-order valence-electron chi connectivity index (χ3n) is 12.1. The van der Waals surface area contributed by atoms with Crippen molar-refractivity contribution in [3.8, 4) is 23.6 Å². The maximum absolute atomic E-state index is 12.4. The molecule has 5 aromatic carbocycles. The summed E-state index contributed by atoms with van der Waals surface area (Å²) in [5, 5.41) is 19.1. The molecule has 5 aromatic rings. The lowest BCUT2D eigenvalue weighted by atomic mass is 9.70. The van der Waals surface area contributed by atoms with Gasteiger partial charge in [0.15, 0.2) is 0 Å². The lowest BCUT2D eigenvalue weighted by Gasteiger charge is -2.32. The molecule has 14 nitrogen and oxygen atoms in total. The molecule has 0 unspecified atom stereocenters. The smallest absolute Gasteiger partial charge is 0.349 e. The van der Waals surface area contributed by atoms with E-state index >= 15 is 0 Å². The van der Waals surface area contributed by atoms with E-state index < -0.39 is 23.9 Å². The monoisotopic (exact) mass is 982 g/mol. The molecular weight excluding hydrogens is 925 g/mol. The molecular formula is C59H58N4O10. The average Bonchev–Trinajstić information content (AvgIpc) is 3.80. The summed E-state index contributed by atoms with van der Waals surface area (Å²) in [4.78, 5) is 52.0. The van der Waals surface area contributed by atoms with E-state index in [2.05, 4.69) is 71.5 Å². The molecule has 0 fully saturated rings. The number of hydrogen-bond donors (Lipinski definition) is 0. The van der Waals surface area contributed by atoms with Crippen LogP contribution in [0.25, 0.3) is 12.2 Å². The first-order chi connectivity index (χ1) is 35.2. The van der Waals surface area contributed by atoms with E-state index in [0.29, 0.717) is 37.4 Å². The van der Waals surface area contributed by atoms with Gasteiger partial charge in [0.2, 0.25) is 0 Å². The SMILES string of the molecule is C=C(C)C(=O)OCCOC(=O)/C(C#N)=C/c1ccc(N(C)CCOc2ccc(C3(c4ccc(OCCN(C)c5ccc(/C=C(\C#N)C(=O)OCCOC(=O)C(=C)C)cc5)cc4)CCc4ccccc43)cc2)cc1. The minimum absolute atomic E-state index is 0.139. The van der Waals surface area contributed by atoms with Crippen LogP contribution in [0, 0.1) is 22.7 Å². The predicted molar refractivity (Wildman–Crippen MR) is 279 cm³/mol. The molecule has 14 heteroatoms. The number of aryl methyl sites for hydroxylation is 1. The van der Waals surface area contributed by atoms with Crippen LogP contribution in [0.1, 0.15) is 53.6 Å². The molecule has 0 saturated carbocycles. The Hall–Kier alpha value is -8.88. The summed E-state index contributed by atoms with van der Waals surface area (Å²) in [5.41, 5.74) is 7.87. The van der Waals surface area contributed by atoms with E-state index in [1.54, 1.807) is 0 Å². The summed E-state index contributed by atoms with van der Waals surface area (Å²) in [5.74, 6) is -1.26. The van der Waals surface area contributed by atoms with Crippen LogP contribution in [0.5, 0.6) is 11.5 Å². The maximum Gasteiger partial charge on any atom is 0.349 e. The summed E-state index contributed by atoms with van der Waals surface area (Å²) in [6.45, 7) is 11.5. The Kier molecular flexibility index (Phi) is 18.9. The Bertz CT molecular complexity index is 2760. The normalized spacial score (nSPS) is 13.8. The Balaban J connectivity index is 1.00. The number of benzene rings is 5. The molecule has 1 aliphatic rings. The molecule has 0 radical (unpaired) electrons. The molecule has 0 aromatic heterocycles. The van der Waals surface area contributed by atoms with Crippen molar-refractivity contribution in [2.75, 3.05) is 76.6 Å². The number of nitrogens with zero attached hydrogens (tertiary/aromatic N) is 4. The van der Waals surface area contributed by atoms with Gasteiger partial charge in [-0.25, -0.2) is 19.2 Å². The van der Waals surface area contributed by atoms with Crippen molar-refractivity contribution in [3.63, 3.8) is 0 Å². The molecule has 0 aliphatic heterocycles. The minimum Gasteiger partial charge on any atom is -0.492 e. The summed E-state index contributed by atoms with van der Waals surface area (Å²) < 4.78 is 32.5. The number of hydrogen-bond acceptors (Lipinski definition) is 14. The van der Waals surface area contributed by atoms with Crippen molar-refractivity contribution < 1.29 is 47.6 Å². The zero-order chi connectivity index (χ0) is 52.3. The van der Waals surface area contributed by atoms with Crippen LogP contribution in [0.4, 0.5) is 11.4 Å². The van der Waals surface area contributed by atoms with Crippen LogP contribution in [0.3, 0.4) is 0 Å². The summed E-state index contributed by atoms with van der Waals surface area (Å²) in [6, 6.07) is 44.0. The third-order valence-corrected chi connectivity index (χ3v) is 12.1. The highest BCUT2D eigenvalue weighted by Gasteiger charge is 2.41. The van der Waals surface area contributed by atoms with Crippen LogP contribution in [-0.2, 0) is 50.0 Å². The lowest BCUT2D eigenvalue weighted by molar-refractivity contribution is -0.147. The molecule has 6 rings (SSSR count). The molecule has 0 N–H and O–H groups in total. The summed E-state index contributed by atoms with van der Waals surface area (Å²) in [7, 11) is 3.93. The second kappa shape index (κ2) is 25.8. The number of rotatable bonds is 24. The van der Waals surface area contributed by atoms with Crippen LogP contribution < -0.4 is 19.3 Å². The van der Waals surface area contributed by atoms with Gasteiger partial charge in [-0.2, -0.15) is 10.5 Å². The van der Waals surface area contributed by atoms with Crippen molar-refractivity contribution in [3.05, 3.63) is 190 Å². The number of esters is 4. The van der Waals surface area contributed by atoms with Gasteiger partial charge < -0.3 is 38.2 Å². The Morgan fingerprint density at radius 2 is 0.932 bits per heavy atom. The molecule has 0 heterocycles. The largest absolute Gasteiger partial charge is 0.492 e. The van der Waals surface area contributed by atoms with Gasteiger partial charge in [-0.05, 0) is 121 Å². The first kappa shape index (κ1) is 53.5. The number of carbonyl (C=O) groups excluding carboxylic acids is 4. The highest BCUT2D eigenvalue weighted by atomic mass is 16.6. The number of nitriles is 2. The van der Waals surface area contributed by atoms with Gasteiger partial charge in [-0.15, -0.1) is 0 Å². The highest BCUT2D eigenvalue weighted by molar-refractivity contribution is 5.98. The summed E-state index contributed by atoms with van der Waals surface area (Å²) in [6.07, 6.45) is 4.76. The zero-order valence-electron chi connectivity index (χ0n) is 41.6. The molecule has 0 bridgehead atoms. The molecule has 0 amide bonds. The predicted octanol–water partition coefficient (Wildman–Crippen LogP) is 9.14. The zero-order valence-corrected chi connectivity index (χ0v) is 41.6. The van der Waals surface area contributed by atoms with E-state index in [-0.39, 0.29) is 54.1 Å². The Morgan fingerprint density at radius 3 is 1.32 bits per heavy atom. The number of fused-ring (bicyclic) bond motifs is 1. The standard InChI is InChI=1S/C59H58N4O10/c1-41(2)55(64)70-33-35-72-57(66)46(39-60)37-43-11-19-50(20-12-43)62(5)29-31-68-52-23-15-48(16-24-52)59(28-27-45-9-7-8-10-54(45)59)49-17-25-53(26-18-49)69-32-30-63(6)51-21-13-44(14-22-51)38-47(40-61)58(67)73-36-34-71-56(65)42(3)4/h7-26,37-38H,1,3,27-36H2,2,4-6H3/b46-37+,47-38+. The third kappa shape index (κ3) is 14.4. The van der Waals surface area contributed by atoms with E-state index in [1.165, 1.54) is 48.3 Å². The van der Waals surface area contributed by atoms with E-state index in [4.69, 9.17) is 28.4 Å². The molecule has 73 heavy (non-hydrogen) atoms. The topological polar surface area (TPSA) is 178 Å². The molecule has 0 spiro atoms. The van der Waals surface area contributed by atoms with E-state index in [1.807, 2.05) is 99.0 Å². The number of anilines is 2. The number of likely N-dealkylation sites (N-methyl/N-ethyl adjacent to an activating group) is 2. The van der Waals surface area contributed by atoms with Crippen LogP contribution >= 0.6 is 0 Å². The molecule has 1 aliphatic carbocycles. The second-order valence-corrected chi connectivity index (χ2v) is 17.3. The van der Waals surface area contributed by atoms with E-state index in [9.17, 15) is 29.7 Å². The Morgan fingerprint density at radius 1 is 0.548 bits per heavy atom. The molecule has 0 saturated heterocycles. The highest BCUT2D eigenvalue weighted by Crippen LogP contribution is 2.49. The first-order valence-corrected chi connectivity index (χ1v) is 23.6. The average molecular weight is 983 g/mol. The van der Waals surface area contributed by atoms with Gasteiger partial charge >= 0.3 is 23.9 Å². The van der Waals surface area contributed by atoms with Crippen molar-refractivity contribution >= 4 is 47.4 Å². The van der Waals surface area contributed by atoms with Crippen LogP contribution in [-0.4, -0.2) is 90.7 Å². The maximum atomic E-state index is 12.4. The van der Waals surface area contributed by atoms with Gasteiger partial charge in [0, 0.05) is 42.0 Å². The van der Waals surface area contributed by atoms with Crippen molar-refractivity contribution in [1.82, 2.24) is 0 Å². The van der Waals surface area contributed by atoms with Gasteiger partial charge in [0.1, 0.15) is 74.4 Å². The quantitative estimate of drug-likeness (QED) is 0.0188. The van der Waals surface area contributed by atoms with Crippen molar-refractivity contribution in [1.29, 1.82) is 10.5 Å². The van der Waals surface area contributed by atoms with E-state index in [0.717, 1.165) is 35.7 Å². The van der Waals surface area contributed by atoms with Crippen molar-refractivity contribution in [2.24, 2.45) is 0 Å². The minimum atomic E-state index is -0.808. The van der Waals surface area contributed by atoms with Gasteiger partial charge in [-0.3, -0.25) is 0 Å². The second-order valence-electron chi connectivity index (χ2n) is 17.3. The van der Waals surface area contributed by atoms with Gasteiger partial charge in [-0.1, -0.05) is 86.0 Å². The number of carbonyl (C=O) groups is 4. The fraction of sp³-hybridized carbons (Fsp3) is 0.254. The fourth-order valence-corrected chi connectivity index (χ4v) is 8.10. The lowest BCUT2D eigenvalue weighted by Crippen LogP contribution is -2.26. The Labute approximate surface area is 426 Å². The van der Waals surface area contributed by atoms with Gasteiger partial charge in [0.25, 0.3) is 0 Å². The number of ether oxygens (including phenoxy) is 6. The van der Waals surface area contributed by atoms with Crippen LogP contribution in [0.15, 0.2) is 157 Å². The fourth-order valence-electron chi connectivity index (χ4n) is 8.10.